The Morgan fingerprint density at radius 1 is 1.25 bits per heavy atom. The van der Waals surface area contributed by atoms with Crippen LogP contribution in [0.25, 0.3) is 0 Å². The van der Waals surface area contributed by atoms with Crippen LogP contribution in [0.5, 0.6) is 0 Å². The average Bonchev–Trinajstić information content (AvgIpc) is 2.46. The van der Waals surface area contributed by atoms with E-state index in [1.165, 1.54) is 0 Å². The second-order valence-electron chi connectivity index (χ2n) is 4.91. The van der Waals surface area contributed by atoms with Crippen molar-refractivity contribution in [3.8, 4) is 0 Å². The molecule has 0 saturated carbocycles. The number of halogens is 1. The molecule has 1 aromatic rings. The van der Waals surface area contributed by atoms with Crippen LogP contribution < -0.4 is 4.90 Å². The minimum atomic E-state index is 0.633. The molecular weight excluding hydrogens is 272 g/mol. The normalized spacial score (nSPS) is 17.1. The number of hydrazone groups is 1. The summed E-state index contributed by atoms with van der Waals surface area (Å²) in [4.78, 5) is 6.71. The van der Waals surface area contributed by atoms with E-state index in [9.17, 15) is 0 Å². The first-order valence-corrected chi connectivity index (χ1v) is 7.23. The number of hydrogen-bond donors (Lipinski definition) is 0. The topological polar surface area (TPSA) is 31.2 Å². The molecule has 20 heavy (non-hydrogen) atoms. The number of hydrogen-bond acceptors (Lipinski definition) is 4. The zero-order chi connectivity index (χ0) is 14.1. The molecule has 0 N–H and O–H groups in total. The number of amidine groups is 1. The Labute approximate surface area is 124 Å². The van der Waals surface area contributed by atoms with Crippen molar-refractivity contribution in [1.82, 2.24) is 5.01 Å². The number of rotatable bonds is 3. The van der Waals surface area contributed by atoms with E-state index in [4.69, 9.17) is 11.6 Å². The number of nitrogens with zero attached hydrogens (tertiary/aromatic N) is 4. The van der Waals surface area contributed by atoms with Gasteiger partial charge in [0.05, 0.1) is 11.4 Å². The highest BCUT2D eigenvalue weighted by Crippen LogP contribution is 2.33. The molecule has 0 unspecified atom stereocenters. The third kappa shape index (κ3) is 2.20. The van der Waals surface area contributed by atoms with Gasteiger partial charge in [-0.2, -0.15) is 5.10 Å². The monoisotopic (exact) mass is 288 g/mol. The Bertz CT molecular complexity index is 618. The van der Waals surface area contributed by atoms with Crippen molar-refractivity contribution in [2.24, 2.45) is 10.1 Å². The van der Waals surface area contributed by atoms with Crippen molar-refractivity contribution in [2.45, 2.75) is 19.8 Å². The molecule has 0 spiro atoms. The summed E-state index contributed by atoms with van der Waals surface area (Å²) < 4.78 is 0. The molecule has 0 radical (unpaired) electrons. The molecule has 0 aliphatic carbocycles. The molecule has 4 nitrogen and oxygen atoms in total. The zero-order valence-electron chi connectivity index (χ0n) is 11.7. The van der Waals surface area contributed by atoms with Crippen LogP contribution >= 0.6 is 11.6 Å². The lowest BCUT2D eigenvalue weighted by molar-refractivity contribution is 0.376. The maximum absolute atomic E-state index is 6.29. The zero-order valence-corrected chi connectivity index (χ0v) is 12.4. The SMILES string of the molecule is CCCCN1N=C2C(=Nc3ccccc3N2C)C=C1Cl. The van der Waals surface area contributed by atoms with Crippen LogP contribution in [-0.4, -0.2) is 30.1 Å². The van der Waals surface area contributed by atoms with Gasteiger partial charge in [0.2, 0.25) is 0 Å². The molecule has 0 amide bonds. The van der Waals surface area contributed by atoms with Crippen LogP contribution in [-0.2, 0) is 0 Å². The lowest BCUT2D eigenvalue weighted by Gasteiger charge is -2.32. The number of benzene rings is 1. The highest BCUT2D eigenvalue weighted by molar-refractivity contribution is 6.53. The summed E-state index contributed by atoms with van der Waals surface area (Å²) in [6.45, 7) is 2.99. The second-order valence-corrected chi connectivity index (χ2v) is 5.30. The van der Waals surface area contributed by atoms with Gasteiger partial charge in [-0.3, -0.25) is 5.01 Å². The van der Waals surface area contributed by atoms with E-state index in [0.29, 0.717) is 5.16 Å². The van der Waals surface area contributed by atoms with Gasteiger partial charge in [-0.1, -0.05) is 37.1 Å². The third-order valence-electron chi connectivity index (χ3n) is 3.47. The van der Waals surface area contributed by atoms with Gasteiger partial charge in [-0.25, -0.2) is 4.99 Å². The van der Waals surface area contributed by atoms with Crippen molar-refractivity contribution >= 4 is 34.5 Å². The quantitative estimate of drug-likeness (QED) is 0.794. The van der Waals surface area contributed by atoms with Crippen molar-refractivity contribution in [2.75, 3.05) is 18.5 Å². The first kappa shape index (κ1) is 13.2. The van der Waals surface area contributed by atoms with Crippen LogP contribution in [0.15, 0.2) is 45.6 Å². The summed E-state index contributed by atoms with van der Waals surface area (Å²) >= 11 is 6.29. The summed E-state index contributed by atoms with van der Waals surface area (Å²) in [6.07, 6.45) is 4.07. The van der Waals surface area contributed by atoms with E-state index >= 15 is 0 Å². The van der Waals surface area contributed by atoms with Crippen LogP contribution in [0.2, 0.25) is 0 Å². The number of unbranched alkanes of at least 4 members (excludes halogenated alkanes) is 1. The van der Waals surface area contributed by atoms with Crippen LogP contribution in [0, 0.1) is 0 Å². The summed E-state index contributed by atoms with van der Waals surface area (Å²) in [5, 5.41) is 7.13. The maximum atomic E-state index is 6.29. The Hall–Kier alpha value is -1.81. The van der Waals surface area contributed by atoms with Gasteiger partial charge in [0.25, 0.3) is 0 Å². The Morgan fingerprint density at radius 3 is 2.85 bits per heavy atom. The summed E-state index contributed by atoms with van der Waals surface area (Å²) in [5.41, 5.74) is 2.84. The van der Waals surface area contributed by atoms with Gasteiger partial charge >= 0.3 is 0 Å². The summed E-state index contributed by atoms with van der Waals surface area (Å²) in [7, 11) is 2.01. The average molecular weight is 289 g/mol. The predicted octanol–water partition coefficient (Wildman–Crippen LogP) is 3.72. The lowest BCUT2D eigenvalue weighted by Crippen LogP contribution is -2.40. The molecular formula is C15H17ClN4. The Kier molecular flexibility index (Phi) is 3.49. The van der Waals surface area contributed by atoms with Crippen LogP contribution in [0.4, 0.5) is 11.4 Å². The molecule has 0 saturated heterocycles. The van der Waals surface area contributed by atoms with Crippen LogP contribution in [0.1, 0.15) is 19.8 Å². The molecule has 1 aromatic carbocycles. The minimum Gasteiger partial charge on any atom is -0.324 e. The second kappa shape index (κ2) is 5.29. The van der Waals surface area contributed by atoms with E-state index in [-0.39, 0.29) is 0 Å². The maximum Gasteiger partial charge on any atom is 0.179 e. The van der Waals surface area contributed by atoms with Gasteiger partial charge in [0.1, 0.15) is 10.9 Å². The minimum absolute atomic E-state index is 0.633. The fourth-order valence-corrected chi connectivity index (χ4v) is 2.56. The molecule has 0 bridgehead atoms. The van der Waals surface area contributed by atoms with Crippen molar-refractivity contribution < 1.29 is 0 Å². The van der Waals surface area contributed by atoms with Gasteiger partial charge < -0.3 is 4.90 Å². The first-order chi connectivity index (χ1) is 9.70. The van der Waals surface area contributed by atoms with Gasteiger partial charge in [0, 0.05) is 19.7 Å². The molecule has 0 atom stereocenters. The number of aliphatic imine (C=N–C) groups is 1. The molecule has 5 heteroatoms. The van der Waals surface area contributed by atoms with Gasteiger partial charge in [-0.15, -0.1) is 0 Å². The highest BCUT2D eigenvalue weighted by atomic mass is 35.5. The highest BCUT2D eigenvalue weighted by Gasteiger charge is 2.27. The Morgan fingerprint density at radius 2 is 2.05 bits per heavy atom. The lowest BCUT2D eigenvalue weighted by atomic mass is 10.1. The number of anilines is 1. The van der Waals surface area contributed by atoms with Gasteiger partial charge in [0.15, 0.2) is 5.84 Å². The summed E-state index contributed by atoms with van der Waals surface area (Å²) in [5.74, 6) is 0.851. The largest absolute Gasteiger partial charge is 0.324 e. The fraction of sp³-hybridized carbons (Fsp3) is 0.333. The first-order valence-electron chi connectivity index (χ1n) is 6.86. The molecule has 2 aliphatic rings. The third-order valence-corrected chi connectivity index (χ3v) is 3.78. The fourth-order valence-electron chi connectivity index (χ4n) is 2.34. The predicted molar refractivity (Wildman–Crippen MR) is 84.9 cm³/mol. The van der Waals surface area contributed by atoms with E-state index in [2.05, 4.69) is 28.0 Å². The molecule has 104 valence electrons. The van der Waals surface area contributed by atoms with E-state index in [1.54, 1.807) is 0 Å². The molecule has 0 aromatic heterocycles. The molecule has 2 aliphatic heterocycles. The van der Waals surface area contributed by atoms with E-state index < -0.39 is 0 Å². The number of para-hydroxylation sites is 2. The van der Waals surface area contributed by atoms with E-state index in [1.807, 2.05) is 36.3 Å². The standard InChI is InChI=1S/C15H17ClN4/c1-3-4-9-20-14(16)10-12-15(18-20)19(2)13-8-6-5-7-11(13)17-12/h5-8,10H,3-4,9H2,1-2H3. The van der Waals surface area contributed by atoms with Crippen molar-refractivity contribution in [3.63, 3.8) is 0 Å². The molecule has 0 fully saturated rings. The van der Waals surface area contributed by atoms with Gasteiger partial charge in [-0.05, 0) is 18.6 Å². The van der Waals surface area contributed by atoms with Crippen LogP contribution in [0.3, 0.4) is 0 Å². The molecule has 2 heterocycles. The number of fused-ring (bicyclic) bond motifs is 2. The molecule has 3 rings (SSSR count). The van der Waals surface area contributed by atoms with Crippen molar-refractivity contribution in [1.29, 1.82) is 0 Å². The summed E-state index contributed by atoms with van der Waals surface area (Å²) in [6, 6.07) is 8.05. The van der Waals surface area contributed by atoms with E-state index in [0.717, 1.165) is 42.3 Å². The van der Waals surface area contributed by atoms with Crippen molar-refractivity contribution in [3.05, 3.63) is 35.5 Å². The Balaban J connectivity index is 2.00. The smallest absolute Gasteiger partial charge is 0.179 e.